The highest BCUT2D eigenvalue weighted by atomic mass is 16.3. The van der Waals surface area contributed by atoms with Crippen molar-refractivity contribution < 1.29 is 8.83 Å². The van der Waals surface area contributed by atoms with Crippen molar-refractivity contribution in [3.8, 4) is 16.8 Å². The number of hydrogen-bond acceptors (Lipinski definition) is 2. The van der Waals surface area contributed by atoms with E-state index in [-0.39, 0.29) is 0 Å². The van der Waals surface area contributed by atoms with Gasteiger partial charge in [-0.2, -0.15) is 0 Å². The van der Waals surface area contributed by atoms with Gasteiger partial charge in [0, 0.05) is 50.0 Å². The molecule has 3 nitrogen and oxygen atoms in total. The minimum absolute atomic E-state index is 0.706. The molecule has 0 aliphatic heterocycles. The zero-order valence-electron chi connectivity index (χ0n) is 37.9. The predicted molar refractivity (Wildman–Crippen MR) is 276 cm³/mol. The molecule has 0 atom stereocenters. The summed E-state index contributed by atoms with van der Waals surface area (Å²) in [5, 5.41) is 7.12. The van der Waals surface area contributed by atoms with Crippen LogP contribution in [0.2, 0.25) is 0 Å². The Bertz CT molecular complexity index is 3530. The summed E-state index contributed by atoms with van der Waals surface area (Å²) >= 11 is 0. The summed E-state index contributed by atoms with van der Waals surface area (Å²) in [7, 11) is 0. The SMILES string of the molecule is CCC.Cc1ccc2oc3c(Cc4ccccc4)c4oc5ccc(-n6c7ccccc7c7ccccc76)cc5c4c(Cc4ccccc4)c3c2c1.Cc1ccccc1-c1ccccc1C. The van der Waals surface area contributed by atoms with Crippen LogP contribution in [0.3, 0.4) is 0 Å². The molecular weight excluding hydrogens is 791 g/mol. The Morgan fingerprint density at radius 1 is 0.400 bits per heavy atom. The molecule has 0 fully saturated rings. The third kappa shape index (κ3) is 7.78. The topological polar surface area (TPSA) is 31.2 Å². The number of nitrogens with zero attached hydrogens (tertiary/aromatic N) is 1. The van der Waals surface area contributed by atoms with Crippen LogP contribution in [-0.4, -0.2) is 4.57 Å². The maximum absolute atomic E-state index is 6.94. The lowest BCUT2D eigenvalue weighted by atomic mass is 9.90. The number of hydrogen-bond donors (Lipinski definition) is 0. The van der Waals surface area contributed by atoms with E-state index in [2.05, 4.69) is 233 Å². The van der Waals surface area contributed by atoms with Crippen LogP contribution in [0.1, 0.15) is 59.2 Å². The fourth-order valence-corrected chi connectivity index (χ4v) is 9.58. The van der Waals surface area contributed by atoms with Gasteiger partial charge in [-0.25, -0.2) is 0 Å². The number of benzene rings is 9. The van der Waals surface area contributed by atoms with Crippen molar-refractivity contribution in [3.05, 3.63) is 233 Å². The summed E-state index contributed by atoms with van der Waals surface area (Å²) < 4.78 is 16.1. The lowest BCUT2D eigenvalue weighted by molar-refractivity contribution is 0.647. The molecule has 0 unspecified atom stereocenters. The zero-order chi connectivity index (χ0) is 44.4. The van der Waals surface area contributed by atoms with Gasteiger partial charge in [0.2, 0.25) is 0 Å². The third-order valence-electron chi connectivity index (χ3n) is 12.5. The van der Waals surface area contributed by atoms with E-state index in [0.29, 0.717) is 6.42 Å². The summed E-state index contributed by atoms with van der Waals surface area (Å²) in [6.07, 6.45) is 2.72. The molecule has 12 aromatic rings. The molecule has 318 valence electrons. The fourth-order valence-electron chi connectivity index (χ4n) is 9.58. The van der Waals surface area contributed by atoms with Gasteiger partial charge < -0.3 is 13.4 Å². The first-order valence-corrected chi connectivity index (χ1v) is 22.9. The van der Waals surface area contributed by atoms with Crippen molar-refractivity contribution in [1.82, 2.24) is 4.57 Å². The van der Waals surface area contributed by atoms with Crippen LogP contribution in [0.15, 0.2) is 203 Å². The molecule has 0 N–H and O–H groups in total. The van der Waals surface area contributed by atoms with E-state index in [9.17, 15) is 0 Å². The summed E-state index contributed by atoms with van der Waals surface area (Å²) in [6.45, 7) is 10.7. The van der Waals surface area contributed by atoms with Crippen LogP contribution in [0.5, 0.6) is 0 Å². The average Bonchev–Trinajstić information content (AvgIpc) is 4.02. The number of para-hydroxylation sites is 2. The minimum Gasteiger partial charge on any atom is -0.456 e. The standard InChI is InChI=1S/C45H31NO2.C14H14.C3H8/c1-28-20-22-40-34(24-28)42-36(25-29-12-4-2-5-13-29)43-35-27-31(46-38-18-10-8-16-32(38)33-17-9-11-19-39(33)46)21-23-41(35)48-45(43)37(44(42)47-40)26-30-14-6-3-7-15-30;1-11-7-3-5-9-13(11)14-10-6-4-8-12(14)2;1-3-2/h2-24,27H,25-26H2,1H3;3-10H,1-2H3;3H2,1-2H3. The van der Waals surface area contributed by atoms with Crippen molar-refractivity contribution in [1.29, 1.82) is 0 Å². The molecule has 0 spiro atoms. The summed E-state index contributed by atoms with van der Waals surface area (Å²) in [6, 6.07) is 69.0. The molecule has 3 aromatic heterocycles. The van der Waals surface area contributed by atoms with E-state index in [1.165, 1.54) is 83.5 Å². The lowest BCUT2D eigenvalue weighted by Crippen LogP contribution is -1.96. The highest BCUT2D eigenvalue weighted by Crippen LogP contribution is 2.46. The normalized spacial score (nSPS) is 11.3. The van der Waals surface area contributed by atoms with Gasteiger partial charge in [0.05, 0.1) is 11.0 Å². The summed E-state index contributed by atoms with van der Waals surface area (Å²) in [5.74, 6) is 0. The van der Waals surface area contributed by atoms with Gasteiger partial charge in [-0.15, -0.1) is 0 Å². The maximum Gasteiger partial charge on any atom is 0.143 e. The number of aryl methyl sites for hydroxylation is 3. The van der Waals surface area contributed by atoms with Crippen molar-refractivity contribution in [2.45, 2.75) is 53.9 Å². The van der Waals surface area contributed by atoms with Gasteiger partial charge in [-0.05, 0) is 109 Å². The van der Waals surface area contributed by atoms with Crippen LogP contribution in [-0.2, 0) is 12.8 Å². The molecule has 9 aromatic carbocycles. The highest BCUT2D eigenvalue weighted by molar-refractivity contribution is 6.20. The number of furan rings is 2. The van der Waals surface area contributed by atoms with E-state index < -0.39 is 0 Å². The van der Waals surface area contributed by atoms with Crippen molar-refractivity contribution in [2.75, 3.05) is 0 Å². The van der Waals surface area contributed by atoms with Crippen molar-refractivity contribution >= 4 is 65.7 Å². The predicted octanol–water partition coefficient (Wildman–Crippen LogP) is 17.5. The Hall–Kier alpha value is -7.62. The molecular formula is C62H53NO2. The molecule has 12 rings (SSSR count). The number of aromatic nitrogens is 1. The smallest absolute Gasteiger partial charge is 0.143 e. The Balaban J connectivity index is 0.000000248. The van der Waals surface area contributed by atoms with Crippen LogP contribution >= 0.6 is 0 Å². The lowest BCUT2D eigenvalue weighted by Gasteiger charge is -2.12. The number of fused-ring (bicyclic) bond motifs is 9. The van der Waals surface area contributed by atoms with Gasteiger partial charge in [0.1, 0.15) is 22.3 Å². The Morgan fingerprint density at radius 3 is 1.35 bits per heavy atom. The van der Waals surface area contributed by atoms with Crippen LogP contribution in [0, 0.1) is 20.8 Å². The highest BCUT2D eigenvalue weighted by Gasteiger charge is 2.26. The van der Waals surface area contributed by atoms with E-state index in [4.69, 9.17) is 8.83 Å². The molecule has 0 bridgehead atoms. The molecule has 0 aliphatic carbocycles. The number of rotatable bonds is 6. The average molecular weight is 844 g/mol. The molecule has 3 heterocycles. The molecule has 0 amide bonds. The largest absolute Gasteiger partial charge is 0.456 e. The summed E-state index contributed by atoms with van der Waals surface area (Å²) in [4.78, 5) is 0. The summed E-state index contributed by atoms with van der Waals surface area (Å²) in [5.41, 5.74) is 18.5. The molecule has 0 saturated carbocycles. The van der Waals surface area contributed by atoms with Gasteiger partial charge in [-0.1, -0.05) is 177 Å². The van der Waals surface area contributed by atoms with E-state index in [0.717, 1.165) is 50.8 Å². The van der Waals surface area contributed by atoms with Gasteiger partial charge in [0.15, 0.2) is 0 Å². The first-order chi connectivity index (χ1) is 31.9. The zero-order valence-corrected chi connectivity index (χ0v) is 37.9. The molecule has 0 radical (unpaired) electrons. The Labute approximate surface area is 381 Å². The first kappa shape index (κ1) is 41.4. The molecule has 3 heteroatoms. The van der Waals surface area contributed by atoms with Crippen molar-refractivity contribution in [3.63, 3.8) is 0 Å². The first-order valence-electron chi connectivity index (χ1n) is 22.9. The monoisotopic (exact) mass is 843 g/mol. The minimum atomic E-state index is 0.706. The Morgan fingerprint density at radius 2 is 0.831 bits per heavy atom. The molecule has 0 aliphatic rings. The molecule has 0 saturated heterocycles. The quantitative estimate of drug-likeness (QED) is 0.167. The van der Waals surface area contributed by atoms with Crippen LogP contribution in [0.4, 0.5) is 0 Å². The second-order valence-corrected chi connectivity index (χ2v) is 17.3. The van der Waals surface area contributed by atoms with Crippen LogP contribution < -0.4 is 0 Å². The molecule has 65 heavy (non-hydrogen) atoms. The van der Waals surface area contributed by atoms with Crippen molar-refractivity contribution in [2.24, 2.45) is 0 Å². The third-order valence-corrected chi connectivity index (χ3v) is 12.5. The second kappa shape index (κ2) is 17.9. The van der Waals surface area contributed by atoms with Gasteiger partial charge in [0.25, 0.3) is 0 Å². The Kier molecular flexibility index (Phi) is 11.4. The van der Waals surface area contributed by atoms with E-state index >= 15 is 0 Å². The van der Waals surface area contributed by atoms with Gasteiger partial charge in [-0.3, -0.25) is 0 Å². The van der Waals surface area contributed by atoms with E-state index in [1.807, 2.05) is 0 Å². The van der Waals surface area contributed by atoms with Gasteiger partial charge >= 0.3 is 0 Å². The van der Waals surface area contributed by atoms with Crippen LogP contribution in [0.25, 0.3) is 82.5 Å². The second-order valence-electron chi connectivity index (χ2n) is 17.3. The van der Waals surface area contributed by atoms with E-state index in [1.54, 1.807) is 0 Å². The maximum atomic E-state index is 6.94. The fraction of sp³-hybridized carbons (Fsp3) is 0.129.